The van der Waals surface area contributed by atoms with Gasteiger partial charge in [-0.25, -0.2) is 9.37 Å². The molecule has 0 fully saturated rings. The average Bonchev–Trinajstić information content (AvgIpc) is 2.89. The standard InChI is InChI=1S/C23H23F4N3O/c1-13-8-16(4-5-19(13)23(25,26)27)22-29-21(17-9-14(2)28-15(3)10-17)20-6-7-31-18(11-24)12-30(20)22/h4-5,8-10,18H,6-7,11-12H2,1-3H3/t18-/m1/s1. The Morgan fingerprint density at radius 3 is 2.35 bits per heavy atom. The molecule has 4 rings (SSSR count). The van der Waals surface area contributed by atoms with Gasteiger partial charge in [-0.15, -0.1) is 0 Å². The number of aryl methyl sites for hydroxylation is 3. The predicted molar refractivity (Wildman–Crippen MR) is 110 cm³/mol. The Morgan fingerprint density at radius 2 is 1.74 bits per heavy atom. The van der Waals surface area contributed by atoms with E-state index in [9.17, 15) is 17.6 Å². The van der Waals surface area contributed by atoms with E-state index in [-0.39, 0.29) is 12.1 Å². The van der Waals surface area contributed by atoms with Crippen LogP contribution in [0.15, 0.2) is 30.3 Å². The number of pyridine rings is 1. The van der Waals surface area contributed by atoms with E-state index in [0.29, 0.717) is 24.4 Å². The van der Waals surface area contributed by atoms with Crippen molar-refractivity contribution in [3.63, 3.8) is 0 Å². The minimum atomic E-state index is -4.42. The van der Waals surface area contributed by atoms with Crippen LogP contribution >= 0.6 is 0 Å². The summed E-state index contributed by atoms with van der Waals surface area (Å²) in [6.07, 6.45) is -4.52. The molecule has 0 amide bonds. The molecule has 0 aliphatic carbocycles. The van der Waals surface area contributed by atoms with E-state index in [1.807, 2.05) is 30.5 Å². The van der Waals surface area contributed by atoms with Gasteiger partial charge in [0, 0.05) is 34.6 Å². The fourth-order valence-electron chi connectivity index (χ4n) is 4.15. The van der Waals surface area contributed by atoms with E-state index >= 15 is 0 Å². The first-order valence-corrected chi connectivity index (χ1v) is 10.1. The average molecular weight is 433 g/mol. The molecule has 8 heteroatoms. The molecule has 1 atom stereocenters. The predicted octanol–water partition coefficient (Wildman–Crippen LogP) is 5.47. The number of imidazole rings is 1. The number of fused-ring (bicyclic) bond motifs is 1. The molecule has 0 radical (unpaired) electrons. The molecule has 0 saturated heterocycles. The molecule has 4 nitrogen and oxygen atoms in total. The van der Waals surface area contributed by atoms with E-state index in [1.165, 1.54) is 19.1 Å². The summed E-state index contributed by atoms with van der Waals surface area (Å²) in [4.78, 5) is 9.24. The van der Waals surface area contributed by atoms with E-state index in [2.05, 4.69) is 4.98 Å². The summed E-state index contributed by atoms with van der Waals surface area (Å²) in [7, 11) is 0. The number of aromatic nitrogens is 3. The van der Waals surface area contributed by atoms with Crippen LogP contribution in [0.3, 0.4) is 0 Å². The summed E-state index contributed by atoms with van der Waals surface area (Å²) < 4.78 is 60.7. The van der Waals surface area contributed by atoms with Gasteiger partial charge in [0.1, 0.15) is 18.6 Å². The van der Waals surface area contributed by atoms with Crippen molar-refractivity contribution >= 4 is 0 Å². The zero-order chi connectivity index (χ0) is 22.3. The highest BCUT2D eigenvalue weighted by Crippen LogP contribution is 2.36. The monoisotopic (exact) mass is 433 g/mol. The van der Waals surface area contributed by atoms with Crippen LogP contribution < -0.4 is 0 Å². The maximum absolute atomic E-state index is 13.5. The minimum Gasteiger partial charge on any atom is -0.373 e. The number of alkyl halides is 4. The first-order chi connectivity index (χ1) is 14.7. The summed E-state index contributed by atoms with van der Waals surface area (Å²) in [5.41, 5.74) is 4.17. The lowest BCUT2D eigenvalue weighted by atomic mass is 10.0. The molecule has 3 heterocycles. The smallest absolute Gasteiger partial charge is 0.373 e. The van der Waals surface area contributed by atoms with Gasteiger partial charge in [-0.1, -0.05) is 6.07 Å². The summed E-state index contributed by atoms with van der Waals surface area (Å²) in [6, 6.07) is 7.84. The number of benzene rings is 1. The molecule has 1 aliphatic heterocycles. The van der Waals surface area contributed by atoms with Crippen LogP contribution in [0.4, 0.5) is 17.6 Å². The van der Waals surface area contributed by atoms with Gasteiger partial charge < -0.3 is 9.30 Å². The fourth-order valence-corrected chi connectivity index (χ4v) is 4.15. The third-order valence-electron chi connectivity index (χ3n) is 5.47. The van der Waals surface area contributed by atoms with Gasteiger partial charge in [0.05, 0.1) is 24.4 Å². The molecule has 0 saturated carbocycles. The van der Waals surface area contributed by atoms with Crippen LogP contribution in [0.2, 0.25) is 0 Å². The Morgan fingerprint density at radius 1 is 1.03 bits per heavy atom. The van der Waals surface area contributed by atoms with Crippen molar-refractivity contribution in [3.8, 4) is 22.6 Å². The van der Waals surface area contributed by atoms with Gasteiger partial charge in [0.15, 0.2) is 0 Å². The highest BCUT2D eigenvalue weighted by Gasteiger charge is 2.33. The highest BCUT2D eigenvalue weighted by molar-refractivity contribution is 5.69. The van der Waals surface area contributed by atoms with Crippen LogP contribution in [0.1, 0.15) is 28.2 Å². The Labute approximate surface area is 177 Å². The molecule has 0 N–H and O–H groups in total. The van der Waals surface area contributed by atoms with Crippen molar-refractivity contribution in [2.75, 3.05) is 13.3 Å². The molecule has 31 heavy (non-hydrogen) atoms. The summed E-state index contributed by atoms with van der Waals surface area (Å²) in [5, 5.41) is 0. The molecule has 164 valence electrons. The fraction of sp³-hybridized carbons (Fsp3) is 0.391. The minimum absolute atomic E-state index is 0.117. The van der Waals surface area contributed by atoms with Gasteiger partial charge in [0.25, 0.3) is 0 Å². The number of ether oxygens (including phenoxy) is 1. The lowest BCUT2D eigenvalue weighted by molar-refractivity contribution is -0.138. The van der Waals surface area contributed by atoms with Gasteiger partial charge >= 0.3 is 6.18 Å². The first kappa shape index (κ1) is 21.5. The molecule has 3 aromatic rings. The third kappa shape index (κ3) is 4.21. The molecular formula is C23H23F4N3O. The van der Waals surface area contributed by atoms with Crippen LogP contribution in [-0.2, 0) is 23.9 Å². The molecule has 1 aliphatic rings. The van der Waals surface area contributed by atoms with Gasteiger partial charge in [-0.2, -0.15) is 13.2 Å². The molecular weight excluding hydrogens is 410 g/mol. The first-order valence-electron chi connectivity index (χ1n) is 10.1. The Hall–Kier alpha value is -2.74. The molecule has 0 bridgehead atoms. The van der Waals surface area contributed by atoms with E-state index in [0.717, 1.165) is 34.4 Å². The van der Waals surface area contributed by atoms with Gasteiger partial charge in [0.2, 0.25) is 0 Å². The number of nitrogens with zero attached hydrogens (tertiary/aromatic N) is 3. The topological polar surface area (TPSA) is 39.9 Å². The van der Waals surface area contributed by atoms with E-state index < -0.39 is 24.5 Å². The van der Waals surface area contributed by atoms with Crippen LogP contribution in [0.25, 0.3) is 22.6 Å². The van der Waals surface area contributed by atoms with E-state index in [4.69, 9.17) is 9.72 Å². The van der Waals surface area contributed by atoms with Crippen LogP contribution in [0.5, 0.6) is 0 Å². The SMILES string of the molecule is Cc1cc(-c2nc(-c3ccc(C(F)(F)F)c(C)c3)n3c2CCO[C@H](CF)C3)cc(C)n1. The van der Waals surface area contributed by atoms with Crippen LogP contribution in [-0.4, -0.2) is 33.9 Å². The Bertz CT molecular complexity index is 1100. The van der Waals surface area contributed by atoms with Crippen molar-refractivity contribution in [1.29, 1.82) is 0 Å². The maximum Gasteiger partial charge on any atom is 0.416 e. The molecule has 0 unspecified atom stereocenters. The van der Waals surface area contributed by atoms with Crippen molar-refractivity contribution in [2.45, 2.75) is 46.0 Å². The third-order valence-corrected chi connectivity index (χ3v) is 5.47. The molecule has 2 aromatic heterocycles. The maximum atomic E-state index is 13.5. The largest absolute Gasteiger partial charge is 0.416 e. The van der Waals surface area contributed by atoms with Crippen molar-refractivity contribution < 1.29 is 22.3 Å². The summed E-state index contributed by atoms with van der Waals surface area (Å²) in [6.45, 7) is 5.18. The quantitative estimate of drug-likeness (QED) is 0.515. The van der Waals surface area contributed by atoms with Gasteiger partial charge in [-0.05, 0) is 50.6 Å². The van der Waals surface area contributed by atoms with Crippen molar-refractivity contribution in [2.24, 2.45) is 0 Å². The lowest BCUT2D eigenvalue weighted by Crippen LogP contribution is -2.21. The summed E-state index contributed by atoms with van der Waals surface area (Å²) >= 11 is 0. The highest BCUT2D eigenvalue weighted by atomic mass is 19.4. The lowest BCUT2D eigenvalue weighted by Gasteiger charge is -2.15. The molecule has 1 aromatic carbocycles. The Kier molecular flexibility index (Phi) is 5.60. The number of halogens is 4. The normalized spacial score (nSPS) is 16.8. The zero-order valence-electron chi connectivity index (χ0n) is 17.6. The zero-order valence-corrected chi connectivity index (χ0v) is 17.6. The Balaban J connectivity index is 1.90. The second-order valence-electron chi connectivity index (χ2n) is 7.90. The van der Waals surface area contributed by atoms with Gasteiger partial charge in [-0.3, -0.25) is 4.98 Å². The number of hydrogen-bond donors (Lipinski definition) is 0. The van der Waals surface area contributed by atoms with Crippen molar-refractivity contribution in [3.05, 3.63) is 58.5 Å². The summed E-state index contributed by atoms with van der Waals surface area (Å²) in [5.74, 6) is 0.512. The van der Waals surface area contributed by atoms with E-state index in [1.54, 1.807) is 0 Å². The second-order valence-corrected chi connectivity index (χ2v) is 7.90. The van der Waals surface area contributed by atoms with Crippen LogP contribution in [0, 0.1) is 20.8 Å². The molecule has 0 spiro atoms. The number of rotatable bonds is 3. The van der Waals surface area contributed by atoms with Crippen molar-refractivity contribution in [1.82, 2.24) is 14.5 Å². The number of hydrogen-bond acceptors (Lipinski definition) is 3. The second kappa shape index (κ2) is 8.07.